The second-order valence-corrected chi connectivity index (χ2v) is 7.13. The van der Waals surface area contributed by atoms with Crippen LogP contribution in [-0.2, 0) is 11.8 Å². The molecule has 3 aromatic rings. The standard InChI is InChI=1S/C23H24ClN3O4/c1-5-31-22-18(24)13-16(14-19(22)30-4)11-12-20(28)25-21-15(2)26(3)27(23(21)29)17-9-7-6-8-10-17/h6-14H,5H2,1-4H3,(H,25,28)/b12-11+. The number of ether oxygens (including phenoxy) is 2. The largest absolute Gasteiger partial charge is 0.493 e. The van der Waals surface area contributed by atoms with Crippen LogP contribution in [0.1, 0.15) is 18.2 Å². The number of nitrogens with one attached hydrogen (secondary N) is 1. The van der Waals surface area contributed by atoms with E-state index in [1.54, 1.807) is 36.9 Å². The zero-order valence-electron chi connectivity index (χ0n) is 17.8. The van der Waals surface area contributed by atoms with E-state index in [4.69, 9.17) is 21.1 Å². The number of para-hydroxylation sites is 1. The summed E-state index contributed by atoms with van der Waals surface area (Å²) < 4.78 is 14.0. The van der Waals surface area contributed by atoms with Gasteiger partial charge in [0.2, 0.25) is 5.91 Å². The van der Waals surface area contributed by atoms with Crippen LogP contribution in [0.4, 0.5) is 5.69 Å². The number of benzene rings is 2. The minimum absolute atomic E-state index is 0.225. The molecule has 0 saturated heterocycles. The Kier molecular flexibility index (Phi) is 6.87. The summed E-state index contributed by atoms with van der Waals surface area (Å²) in [5.74, 6) is 0.490. The molecule has 0 aliphatic heterocycles. The second kappa shape index (κ2) is 9.57. The molecule has 0 atom stereocenters. The van der Waals surface area contributed by atoms with Gasteiger partial charge in [0.15, 0.2) is 11.5 Å². The fourth-order valence-corrected chi connectivity index (χ4v) is 3.44. The summed E-state index contributed by atoms with van der Waals surface area (Å²) in [7, 11) is 3.29. The van der Waals surface area contributed by atoms with Crippen molar-refractivity contribution in [2.24, 2.45) is 7.05 Å². The topological polar surface area (TPSA) is 74.5 Å². The van der Waals surface area contributed by atoms with E-state index in [0.29, 0.717) is 40.1 Å². The van der Waals surface area contributed by atoms with Crippen molar-refractivity contribution in [3.63, 3.8) is 0 Å². The zero-order chi connectivity index (χ0) is 22.5. The molecule has 31 heavy (non-hydrogen) atoms. The van der Waals surface area contributed by atoms with Crippen LogP contribution in [0.2, 0.25) is 5.02 Å². The van der Waals surface area contributed by atoms with Gasteiger partial charge in [-0.1, -0.05) is 29.8 Å². The third-order valence-electron chi connectivity index (χ3n) is 4.77. The van der Waals surface area contributed by atoms with E-state index < -0.39 is 5.91 Å². The Balaban J connectivity index is 1.84. The van der Waals surface area contributed by atoms with Gasteiger partial charge in [-0.05, 0) is 49.8 Å². The fourth-order valence-electron chi connectivity index (χ4n) is 3.17. The lowest BCUT2D eigenvalue weighted by Crippen LogP contribution is -2.22. The molecule has 8 heteroatoms. The fraction of sp³-hybridized carbons (Fsp3) is 0.217. The number of aromatic nitrogens is 2. The van der Waals surface area contributed by atoms with Gasteiger partial charge in [0, 0.05) is 13.1 Å². The maximum absolute atomic E-state index is 12.9. The lowest BCUT2D eigenvalue weighted by Gasteiger charge is -2.11. The van der Waals surface area contributed by atoms with E-state index in [1.165, 1.54) is 17.9 Å². The van der Waals surface area contributed by atoms with Gasteiger partial charge in [-0.15, -0.1) is 0 Å². The Labute approximate surface area is 185 Å². The SMILES string of the molecule is CCOc1c(Cl)cc(/C=C/C(=O)Nc2c(C)n(C)n(-c3ccccc3)c2=O)cc1OC. The second-order valence-electron chi connectivity index (χ2n) is 6.73. The molecule has 0 radical (unpaired) electrons. The molecule has 0 aliphatic carbocycles. The minimum atomic E-state index is -0.435. The molecule has 0 spiro atoms. The third-order valence-corrected chi connectivity index (χ3v) is 5.05. The highest BCUT2D eigenvalue weighted by atomic mass is 35.5. The normalized spacial score (nSPS) is 11.0. The van der Waals surface area contributed by atoms with Crippen LogP contribution in [0.25, 0.3) is 11.8 Å². The van der Waals surface area contributed by atoms with E-state index in [2.05, 4.69) is 5.32 Å². The van der Waals surface area contributed by atoms with Crippen molar-refractivity contribution in [3.05, 3.63) is 75.2 Å². The third kappa shape index (κ3) is 4.67. The number of halogens is 1. The average molecular weight is 442 g/mol. The monoisotopic (exact) mass is 441 g/mol. The average Bonchev–Trinajstić information content (AvgIpc) is 2.97. The predicted molar refractivity (Wildman–Crippen MR) is 123 cm³/mol. The molecule has 1 aromatic heterocycles. The summed E-state index contributed by atoms with van der Waals surface area (Å²) in [6.45, 7) is 4.08. The van der Waals surface area contributed by atoms with Gasteiger partial charge in [-0.3, -0.25) is 14.3 Å². The first-order chi connectivity index (χ1) is 14.9. The van der Waals surface area contributed by atoms with Gasteiger partial charge in [0.25, 0.3) is 5.56 Å². The Bertz CT molecular complexity index is 1180. The van der Waals surface area contributed by atoms with Crippen LogP contribution in [0, 0.1) is 6.92 Å². The van der Waals surface area contributed by atoms with E-state index in [-0.39, 0.29) is 11.2 Å². The molecule has 0 fully saturated rings. The highest BCUT2D eigenvalue weighted by Crippen LogP contribution is 2.36. The smallest absolute Gasteiger partial charge is 0.295 e. The van der Waals surface area contributed by atoms with E-state index >= 15 is 0 Å². The molecule has 0 unspecified atom stereocenters. The number of anilines is 1. The Morgan fingerprint density at radius 3 is 2.58 bits per heavy atom. The Morgan fingerprint density at radius 2 is 1.94 bits per heavy atom. The Morgan fingerprint density at radius 1 is 1.23 bits per heavy atom. The van der Waals surface area contributed by atoms with E-state index in [0.717, 1.165) is 0 Å². The summed E-state index contributed by atoms with van der Waals surface area (Å²) in [6.07, 6.45) is 2.93. The number of carbonyl (C=O) groups is 1. The molecule has 0 aliphatic rings. The van der Waals surface area contributed by atoms with Crippen molar-refractivity contribution >= 4 is 29.3 Å². The van der Waals surface area contributed by atoms with Crippen LogP contribution in [0.3, 0.4) is 0 Å². The predicted octanol–water partition coefficient (Wildman–Crippen LogP) is 4.20. The first kappa shape index (κ1) is 22.2. The summed E-state index contributed by atoms with van der Waals surface area (Å²) >= 11 is 6.27. The molecule has 162 valence electrons. The van der Waals surface area contributed by atoms with Crippen molar-refractivity contribution in [1.82, 2.24) is 9.36 Å². The molecule has 0 saturated carbocycles. The van der Waals surface area contributed by atoms with Crippen molar-refractivity contribution in [3.8, 4) is 17.2 Å². The van der Waals surface area contributed by atoms with E-state index in [1.807, 2.05) is 37.3 Å². The molecule has 1 heterocycles. The van der Waals surface area contributed by atoms with Gasteiger partial charge in [-0.25, -0.2) is 4.68 Å². The molecular formula is C23H24ClN3O4. The van der Waals surface area contributed by atoms with Crippen molar-refractivity contribution in [2.75, 3.05) is 19.0 Å². The minimum Gasteiger partial charge on any atom is -0.493 e. The molecule has 3 rings (SSSR count). The van der Waals surface area contributed by atoms with Crippen molar-refractivity contribution in [1.29, 1.82) is 0 Å². The molecular weight excluding hydrogens is 418 g/mol. The first-order valence-corrected chi connectivity index (χ1v) is 10.1. The highest BCUT2D eigenvalue weighted by Gasteiger charge is 2.17. The highest BCUT2D eigenvalue weighted by molar-refractivity contribution is 6.32. The number of amides is 1. The van der Waals surface area contributed by atoms with Gasteiger partial charge in [0.05, 0.1) is 30.1 Å². The summed E-state index contributed by atoms with van der Waals surface area (Å²) in [5.41, 5.74) is 1.93. The lowest BCUT2D eigenvalue weighted by molar-refractivity contribution is -0.111. The van der Waals surface area contributed by atoms with Crippen LogP contribution < -0.4 is 20.3 Å². The Hall–Kier alpha value is -3.45. The van der Waals surface area contributed by atoms with Gasteiger partial charge in [-0.2, -0.15) is 0 Å². The van der Waals surface area contributed by atoms with Crippen LogP contribution in [0.5, 0.6) is 11.5 Å². The molecule has 1 N–H and O–H groups in total. The number of hydrogen-bond donors (Lipinski definition) is 1. The zero-order valence-corrected chi connectivity index (χ0v) is 18.6. The number of nitrogens with zero attached hydrogens (tertiary/aromatic N) is 2. The van der Waals surface area contributed by atoms with Crippen molar-refractivity contribution < 1.29 is 14.3 Å². The quantitative estimate of drug-likeness (QED) is 0.558. The van der Waals surface area contributed by atoms with Crippen LogP contribution in [-0.4, -0.2) is 29.0 Å². The number of carbonyl (C=O) groups excluding carboxylic acids is 1. The number of methoxy groups -OCH3 is 1. The van der Waals surface area contributed by atoms with Gasteiger partial charge >= 0.3 is 0 Å². The first-order valence-electron chi connectivity index (χ1n) is 9.70. The number of rotatable bonds is 7. The summed E-state index contributed by atoms with van der Waals surface area (Å²) in [6, 6.07) is 12.6. The van der Waals surface area contributed by atoms with Crippen LogP contribution >= 0.6 is 11.6 Å². The van der Waals surface area contributed by atoms with E-state index in [9.17, 15) is 9.59 Å². The summed E-state index contributed by atoms with van der Waals surface area (Å²) in [4.78, 5) is 25.4. The van der Waals surface area contributed by atoms with Gasteiger partial charge in [0.1, 0.15) is 5.69 Å². The molecule has 2 aromatic carbocycles. The molecule has 0 bridgehead atoms. The van der Waals surface area contributed by atoms with Gasteiger partial charge < -0.3 is 14.8 Å². The molecule has 1 amide bonds. The molecule has 7 nitrogen and oxygen atoms in total. The van der Waals surface area contributed by atoms with Crippen LogP contribution in [0.15, 0.2) is 53.3 Å². The summed E-state index contributed by atoms with van der Waals surface area (Å²) in [5, 5.41) is 3.07. The van der Waals surface area contributed by atoms with Crippen molar-refractivity contribution in [2.45, 2.75) is 13.8 Å². The maximum Gasteiger partial charge on any atom is 0.295 e. The lowest BCUT2D eigenvalue weighted by atomic mass is 10.2. The maximum atomic E-state index is 12.9. The number of hydrogen-bond acceptors (Lipinski definition) is 4.